The van der Waals surface area contributed by atoms with Crippen LogP contribution < -0.4 is 9.62 Å². The van der Waals surface area contributed by atoms with E-state index in [1.165, 1.54) is 10.6 Å². The van der Waals surface area contributed by atoms with Crippen LogP contribution in [0, 0.1) is 0 Å². The first kappa shape index (κ1) is 18.5. The van der Waals surface area contributed by atoms with E-state index >= 15 is 0 Å². The highest BCUT2D eigenvalue weighted by Crippen LogP contribution is 2.28. The lowest BCUT2D eigenvalue weighted by Crippen LogP contribution is -2.38. The number of hydrogen-bond acceptors (Lipinski definition) is 3. The second kappa shape index (κ2) is 8.17. The maximum absolute atomic E-state index is 12.1. The van der Waals surface area contributed by atoms with E-state index in [0.717, 1.165) is 12.0 Å². The van der Waals surface area contributed by atoms with Gasteiger partial charge in [-0.05, 0) is 24.0 Å². The Morgan fingerprint density at radius 3 is 2.45 bits per heavy atom. The summed E-state index contributed by atoms with van der Waals surface area (Å²) >= 11 is 0. The second-order valence-corrected chi connectivity index (χ2v) is 7.56. The van der Waals surface area contributed by atoms with Gasteiger partial charge in [0.05, 0.1) is 18.5 Å². The molecule has 22 heavy (non-hydrogen) atoms. The Balaban J connectivity index is 2.94. The molecule has 0 spiro atoms. The molecule has 1 aromatic rings. The Hall–Kier alpha value is -1.56. The minimum Gasteiger partial charge on any atom is -0.354 e. The third kappa shape index (κ3) is 5.33. The number of carbonyl (C=O) groups excluding carboxylic acids is 1. The van der Waals surface area contributed by atoms with Crippen LogP contribution in [0.4, 0.5) is 5.69 Å². The summed E-state index contributed by atoms with van der Waals surface area (Å²) in [5.41, 5.74) is 1.66. The van der Waals surface area contributed by atoms with E-state index in [-0.39, 0.29) is 18.4 Å². The van der Waals surface area contributed by atoms with Crippen molar-refractivity contribution >= 4 is 21.6 Å². The molecule has 124 valence electrons. The molecule has 6 heteroatoms. The fourth-order valence-electron chi connectivity index (χ4n) is 2.28. The monoisotopic (exact) mass is 326 g/mol. The summed E-state index contributed by atoms with van der Waals surface area (Å²) in [6, 6.07) is 7.48. The molecule has 0 atom stereocenters. The summed E-state index contributed by atoms with van der Waals surface area (Å²) in [5.74, 6) is 0.170. The molecular formula is C16H26N2O3S. The topological polar surface area (TPSA) is 66.5 Å². The van der Waals surface area contributed by atoms with E-state index in [1.54, 1.807) is 0 Å². The molecule has 1 rings (SSSR count). The molecule has 1 amide bonds. The van der Waals surface area contributed by atoms with E-state index in [4.69, 9.17) is 0 Å². The lowest BCUT2D eigenvalue weighted by molar-refractivity contribution is -0.121. The predicted molar refractivity (Wildman–Crippen MR) is 90.6 cm³/mol. The summed E-state index contributed by atoms with van der Waals surface area (Å²) in [5, 5.41) is 2.76. The summed E-state index contributed by atoms with van der Waals surface area (Å²) < 4.78 is 25.6. The van der Waals surface area contributed by atoms with Gasteiger partial charge < -0.3 is 5.32 Å². The number of nitrogens with zero attached hydrogens (tertiary/aromatic N) is 1. The van der Waals surface area contributed by atoms with Crippen LogP contribution in [0.2, 0.25) is 0 Å². The van der Waals surface area contributed by atoms with Crippen LogP contribution in [0.15, 0.2) is 24.3 Å². The highest BCUT2D eigenvalue weighted by molar-refractivity contribution is 7.92. The Morgan fingerprint density at radius 1 is 1.27 bits per heavy atom. The Kier molecular flexibility index (Phi) is 6.87. The van der Waals surface area contributed by atoms with Crippen LogP contribution in [0.25, 0.3) is 0 Å². The Morgan fingerprint density at radius 2 is 1.91 bits per heavy atom. The number of benzene rings is 1. The zero-order valence-corrected chi connectivity index (χ0v) is 14.6. The van der Waals surface area contributed by atoms with Crippen LogP contribution in [0.1, 0.15) is 45.1 Å². The maximum atomic E-state index is 12.1. The van der Waals surface area contributed by atoms with Crippen LogP contribution in [-0.4, -0.2) is 33.7 Å². The largest absolute Gasteiger partial charge is 0.354 e. The van der Waals surface area contributed by atoms with Gasteiger partial charge in [-0.3, -0.25) is 9.10 Å². The maximum Gasteiger partial charge on any atom is 0.232 e. The Bertz CT molecular complexity index is 597. The van der Waals surface area contributed by atoms with Gasteiger partial charge in [0.1, 0.15) is 0 Å². The minimum atomic E-state index is -3.40. The van der Waals surface area contributed by atoms with Crippen LogP contribution in [0.3, 0.4) is 0 Å². The van der Waals surface area contributed by atoms with Crippen molar-refractivity contribution in [2.75, 3.05) is 23.7 Å². The second-order valence-electron chi connectivity index (χ2n) is 5.65. The number of para-hydroxylation sites is 1. The molecule has 0 aliphatic carbocycles. The number of hydrogen-bond donors (Lipinski definition) is 1. The van der Waals surface area contributed by atoms with E-state index in [0.29, 0.717) is 18.7 Å². The zero-order valence-electron chi connectivity index (χ0n) is 13.8. The number of carbonyl (C=O) groups is 1. The third-order valence-corrected chi connectivity index (χ3v) is 4.52. The van der Waals surface area contributed by atoms with Gasteiger partial charge in [-0.2, -0.15) is 0 Å². The van der Waals surface area contributed by atoms with Gasteiger partial charge in [0.2, 0.25) is 15.9 Å². The first-order chi connectivity index (χ1) is 10.3. The fraction of sp³-hybridized carbons (Fsp3) is 0.562. The number of nitrogens with one attached hydrogen (secondary N) is 1. The highest BCUT2D eigenvalue weighted by Gasteiger charge is 2.21. The van der Waals surface area contributed by atoms with Gasteiger partial charge in [0.15, 0.2) is 0 Å². The van der Waals surface area contributed by atoms with Crippen molar-refractivity contribution in [1.29, 1.82) is 0 Å². The lowest BCUT2D eigenvalue weighted by atomic mass is 10.0. The number of sulfonamides is 1. The summed E-state index contributed by atoms with van der Waals surface area (Å²) in [4.78, 5) is 11.5. The molecule has 0 bridgehead atoms. The van der Waals surface area contributed by atoms with Gasteiger partial charge in [0, 0.05) is 13.0 Å². The van der Waals surface area contributed by atoms with Gasteiger partial charge in [0.25, 0.3) is 0 Å². The molecule has 1 N–H and O–H groups in total. The first-order valence-electron chi connectivity index (χ1n) is 7.60. The van der Waals surface area contributed by atoms with Gasteiger partial charge in [-0.25, -0.2) is 8.42 Å². The average molecular weight is 326 g/mol. The van der Waals surface area contributed by atoms with Gasteiger partial charge >= 0.3 is 0 Å². The summed E-state index contributed by atoms with van der Waals surface area (Å²) in [6.45, 7) is 6.53. The quantitative estimate of drug-likeness (QED) is 0.798. The number of rotatable bonds is 8. The molecule has 0 radical (unpaired) electrons. The predicted octanol–water partition coefficient (Wildman–Crippen LogP) is 2.49. The SMILES string of the molecule is CCCC(=O)NCCN(c1ccccc1C(C)C)S(C)(=O)=O. The highest BCUT2D eigenvalue weighted by atomic mass is 32.2. The molecule has 0 saturated heterocycles. The fourth-order valence-corrected chi connectivity index (χ4v) is 3.23. The molecule has 0 aliphatic heterocycles. The van der Waals surface area contributed by atoms with E-state index in [1.807, 2.05) is 45.0 Å². The summed E-state index contributed by atoms with van der Waals surface area (Å²) in [7, 11) is -3.40. The van der Waals surface area contributed by atoms with Gasteiger partial charge in [-0.1, -0.05) is 39.0 Å². The molecule has 0 aliphatic rings. The third-order valence-electron chi connectivity index (χ3n) is 3.34. The van der Waals surface area contributed by atoms with E-state index < -0.39 is 10.0 Å². The Labute approximate surface area is 133 Å². The van der Waals surface area contributed by atoms with E-state index in [2.05, 4.69) is 5.32 Å². The molecule has 0 aromatic heterocycles. The normalized spacial score (nSPS) is 11.5. The van der Waals surface area contributed by atoms with Crippen molar-refractivity contribution in [2.45, 2.75) is 39.5 Å². The van der Waals surface area contributed by atoms with Gasteiger partial charge in [-0.15, -0.1) is 0 Å². The van der Waals surface area contributed by atoms with Crippen molar-refractivity contribution in [3.8, 4) is 0 Å². The van der Waals surface area contributed by atoms with Crippen LogP contribution in [-0.2, 0) is 14.8 Å². The number of amides is 1. The van der Waals surface area contributed by atoms with Crippen molar-refractivity contribution in [3.05, 3.63) is 29.8 Å². The molecule has 0 fully saturated rings. The zero-order chi connectivity index (χ0) is 16.8. The lowest BCUT2D eigenvalue weighted by Gasteiger charge is -2.26. The standard InChI is InChI=1S/C16H26N2O3S/c1-5-8-16(19)17-11-12-18(22(4,20)21)15-10-7-6-9-14(15)13(2)3/h6-7,9-10,13H,5,8,11-12H2,1-4H3,(H,17,19). The molecule has 0 unspecified atom stereocenters. The van der Waals surface area contributed by atoms with Crippen molar-refractivity contribution in [2.24, 2.45) is 0 Å². The molecule has 5 nitrogen and oxygen atoms in total. The van der Waals surface area contributed by atoms with E-state index in [9.17, 15) is 13.2 Å². The molecule has 0 saturated carbocycles. The first-order valence-corrected chi connectivity index (χ1v) is 9.45. The van der Waals surface area contributed by atoms with Crippen LogP contribution in [0.5, 0.6) is 0 Å². The smallest absolute Gasteiger partial charge is 0.232 e. The summed E-state index contributed by atoms with van der Waals surface area (Å²) in [6.07, 6.45) is 2.43. The minimum absolute atomic E-state index is 0.0481. The molecular weight excluding hydrogens is 300 g/mol. The molecule has 1 aromatic carbocycles. The van der Waals surface area contributed by atoms with Crippen LogP contribution >= 0.6 is 0 Å². The van der Waals surface area contributed by atoms with Crippen molar-refractivity contribution in [3.63, 3.8) is 0 Å². The molecule has 0 heterocycles. The average Bonchev–Trinajstić information content (AvgIpc) is 2.42. The van der Waals surface area contributed by atoms with Crippen molar-refractivity contribution < 1.29 is 13.2 Å². The van der Waals surface area contributed by atoms with Crippen molar-refractivity contribution in [1.82, 2.24) is 5.32 Å². The number of anilines is 1.